The summed E-state index contributed by atoms with van der Waals surface area (Å²) in [5.74, 6) is -2.05. The molecule has 0 radical (unpaired) electrons. The van der Waals surface area contributed by atoms with Crippen molar-refractivity contribution >= 4 is 46.0 Å². The first-order valence-electron chi connectivity index (χ1n) is 13.7. The first-order chi connectivity index (χ1) is 21.4. The third kappa shape index (κ3) is 12.5. The van der Waals surface area contributed by atoms with Crippen molar-refractivity contribution in [1.82, 2.24) is 0 Å². The third-order valence-corrected chi connectivity index (χ3v) is 7.33. The van der Waals surface area contributed by atoms with Crippen LogP contribution >= 0.6 is 15.9 Å². The van der Waals surface area contributed by atoms with Gasteiger partial charge in [-0.25, -0.2) is 0 Å². The van der Waals surface area contributed by atoms with E-state index < -0.39 is 55.2 Å². The van der Waals surface area contributed by atoms with Crippen LogP contribution in [0, 0.1) is 5.41 Å². The Morgan fingerprint density at radius 1 is 0.804 bits per heavy atom. The van der Waals surface area contributed by atoms with E-state index in [1.54, 1.807) is 24.3 Å². The first-order valence-corrected chi connectivity index (χ1v) is 14.5. The fraction of sp³-hybridized carbons (Fsp3) is 0.250. The molecule has 14 heteroatoms. The quantitative estimate of drug-likeness (QED) is 0.144. The topological polar surface area (TPSA) is 115 Å². The van der Waals surface area contributed by atoms with Gasteiger partial charge in [-0.05, 0) is 65.7 Å². The molecule has 1 aliphatic carbocycles. The number of aliphatic carboxylic acids is 2. The van der Waals surface area contributed by atoms with Crippen LogP contribution in [0.25, 0.3) is 5.57 Å². The standard InChI is InChI=1S/C16H15F3O2.C9H11BO4.C7H4BrF3/c17-16(18,19)15(11-8-14(20)21)9-6-13(7-10-15)12-4-2-1-3-5-12;11-9(12)6-3-7-1-4-8(5-2-7)10(13)14;8-6-3-1-5(2-4-6)7(9,10)11/h1-7,9H,8,10-11H2,(H,20,21);1-2,4-5,13-14H,3,6H2,(H,11,12);1-4H. The van der Waals surface area contributed by atoms with Crippen LogP contribution in [0.15, 0.2) is 102 Å². The van der Waals surface area contributed by atoms with Gasteiger partial charge in [-0.15, -0.1) is 0 Å². The zero-order valence-corrected chi connectivity index (χ0v) is 25.7. The maximum atomic E-state index is 13.3. The predicted octanol–water partition coefficient (Wildman–Crippen LogP) is 7.29. The zero-order chi connectivity index (χ0) is 34.5. The van der Waals surface area contributed by atoms with Crippen molar-refractivity contribution in [1.29, 1.82) is 0 Å². The number of hydrogen-bond acceptors (Lipinski definition) is 4. The van der Waals surface area contributed by atoms with Crippen LogP contribution in [0.3, 0.4) is 0 Å². The van der Waals surface area contributed by atoms with Crippen LogP contribution < -0.4 is 5.46 Å². The monoisotopic (exact) mass is 714 g/mol. The Morgan fingerprint density at radius 3 is 1.80 bits per heavy atom. The minimum atomic E-state index is -4.46. The van der Waals surface area contributed by atoms with Crippen molar-refractivity contribution in [3.8, 4) is 0 Å². The minimum absolute atomic E-state index is 0.0844. The molecule has 3 aromatic carbocycles. The molecule has 0 spiro atoms. The fourth-order valence-electron chi connectivity index (χ4n) is 4.14. The summed E-state index contributed by atoms with van der Waals surface area (Å²) >= 11 is 3.04. The zero-order valence-electron chi connectivity index (χ0n) is 24.1. The lowest BCUT2D eigenvalue weighted by Gasteiger charge is -2.34. The first kappa shape index (κ1) is 38.3. The van der Waals surface area contributed by atoms with E-state index in [9.17, 15) is 35.9 Å². The average molecular weight is 715 g/mol. The normalized spacial score (nSPS) is 15.8. The smallest absolute Gasteiger partial charge is 0.481 e. The number of benzene rings is 3. The average Bonchev–Trinajstić information content (AvgIpc) is 3.00. The van der Waals surface area contributed by atoms with Gasteiger partial charge in [0, 0.05) is 17.3 Å². The predicted molar refractivity (Wildman–Crippen MR) is 165 cm³/mol. The van der Waals surface area contributed by atoms with Gasteiger partial charge in [0.05, 0.1) is 11.0 Å². The molecule has 0 saturated carbocycles. The van der Waals surface area contributed by atoms with E-state index in [-0.39, 0.29) is 12.8 Å². The van der Waals surface area contributed by atoms with Gasteiger partial charge in [-0.3, -0.25) is 9.59 Å². The number of alkyl halides is 6. The number of rotatable bonds is 8. The van der Waals surface area contributed by atoms with Crippen molar-refractivity contribution in [3.63, 3.8) is 0 Å². The highest BCUT2D eigenvalue weighted by Crippen LogP contribution is 2.49. The van der Waals surface area contributed by atoms with Crippen molar-refractivity contribution in [2.24, 2.45) is 5.41 Å². The van der Waals surface area contributed by atoms with Gasteiger partial charge in [0.25, 0.3) is 0 Å². The van der Waals surface area contributed by atoms with Gasteiger partial charge in [0.2, 0.25) is 0 Å². The number of hydrogen-bond donors (Lipinski definition) is 4. The molecular weight excluding hydrogens is 685 g/mol. The molecule has 0 amide bonds. The maximum absolute atomic E-state index is 13.3. The summed E-state index contributed by atoms with van der Waals surface area (Å²) in [6.07, 6.45) is -5.25. The Morgan fingerprint density at radius 2 is 1.37 bits per heavy atom. The van der Waals surface area contributed by atoms with Crippen LogP contribution in [0.2, 0.25) is 0 Å². The summed E-state index contributed by atoms with van der Waals surface area (Å²) in [6, 6.07) is 20.4. The molecule has 0 saturated heterocycles. The molecule has 4 N–H and O–H groups in total. The van der Waals surface area contributed by atoms with Crippen molar-refractivity contribution in [3.05, 3.63) is 118 Å². The van der Waals surface area contributed by atoms with E-state index in [2.05, 4.69) is 15.9 Å². The molecule has 246 valence electrons. The molecule has 46 heavy (non-hydrogen) atoms. The van der Waals surface area contributed by atoms with Gasteiger partial charge in [-0.1, -0.05) is 88.8 Å². The highest BCUT2D eigenvalue weighted by Gasteiger charge is 2.52. The van der Waals surface area contributed by atoms with Crippen LogP contribution in [-0.4, -0.2) is 45.5 Å². The van der Waals surface area contributed by atoms with E-state index in [0.29, 0.717) is 16.4 Å². The summed E-state index contributed by atoms with van der Waals surface area (Å²) in [7, 11) is -1.47. The van der Waals surface area contributed by atoms with Crippen molar-refractivity contribution < 1.29 is 56.2 Å². The van der Waals surface area contributed by atoms with Crippen molar-refractivity contribution in [2.45, 2.75) is 44.5 Å². The number of aryl methyl sites for hydroxylation is 1. The SMILES string of the molecule is FC(F)(F)c1ccc(Br)cc1.O=C(O)CCC1(C(F)(F)F)C=CC(c2ccccc2)=CC1.O=C(O)CCc1ccc(B(O)O)cc1. The number of carboxylic acid groups (broad SMARTS) is 2. The highest BCUT2D eigenvalue weighted by atomic mass is 79.9. The summed E-state index contributed by atoms with van der Waals surface area (Å²) < 4.78 is 76.3. The number of allylic oxidation sites excluding steroid dienone is 4. The second-order valence-electron chi connectivity index (χ2n) is 10.1. The largest absolute Gasteiger partial charge is 0.488 e. The number of carbonyl (C=O) groups is 2. The lowest BCUT2D eigenvalue weighted by Crippen LogP contribution is -2.37. The second kappa shape index (κ2) is 17.2. The Bertz CT molecular complexity index is 1470. The summed E-state index contributed by atoms with van der Waals surface area (Å²) in [5, 5.41) is 34.7. The molecule has 0 aromatic heterocycles. The second-order valence-corrected chi connectivity index (χ2v) is 11.0. The molecule has 1 atom stereocenters. The summed E-state index contributed by atoms with van der Waals surface area (Å²) in [4.78, 5) is 20.9. The molecular formula is C32H30BBrF6O6. The van der Waals surface area contributed by atoms with Gasteiger partial charge >= 0.3 is 31.4 Å². The maximum Gasteiger partial charge on any atom is 0.488 e. The molecule has 0 aliphatic heterocycles. The lowest BCUT2D eigenvalue weighted by atomic mass is 9.75. The van der Waals surface area contributed by atoms with E-state index in [0.717, 1.165) is 34.9 Å². The van der Waals surface area contributed by atoms with Gasteiger partial charge in [-0.2, -0.15) is 26.3 Å². The molecule has 0 fully saturated rings. The Kier molecular flexibility index (Phi) is 14.3. The number of halogens is 7. The molecule has 1 unspecified atom stereocenters. The van der Waals surface area contributed by atoms with Gasteiger partial charge in [0.15, 0.2) is 0 Å². The lowest BCUT2D eigenvalue weighted by molar-refractivity contribution is -0.208. The molecule has 0 heterocycles. The molecule has 1 aliphatic rings. The van der Waals surface area contributed by atoms with E-state index >= 15 is 0 Å². The Hall–Kier alpha value is -3.88. The van der Waals surface area contributed by atoms with E-state index in [1.807, 2.05) is 30.3 Å². The van der Waals surface area contributed by atoms with E-state index in [1.165, 1.54) is 24.3 Å². The Balaban J connectivity index is 0.000000256. The molecule has 6 nitrogen and oxygen atoms in total. The summed E-state index contributed by atoms with van der Waals surface area (Å²) in [5.41, 5.74) is 0.152. The number of carboxylic acids is 2. The minimum Gasteiger partial charge on any atom is -0.481 e. The van der Waals surface area contributed by atoms with Gasteiger partial charge in [0.1, 0.15) is 0 Å². The molecule has 3 aromatic rings. The van der Waals surface area contributed by atoms with Crippen LogP contribution in [0.4, 0.5) is 26.3 Å². The molecule has 4 rings (SSSR count). The van der Waals surface area contributed by atoms with E-state index in [4.69, 9.17) is 20.3 Å². The third-order valence-electron chi connectivity index (χ3n) is 6.80. The summed E-state index contributed by atoms with van der Waals surface area (Å²) in [6.45, 7) is 0. The van der Waals surface area contributed by atoms with Crippen LogP contribution in [0.5, 0.6) is 0 Å². The Labute approximate surface area is 270 Å². The highest BCUT2D eigenvalue weighted by molar-refractivity contribution is 9.10. The fourth-order valence-corrected chi connectivity index (χ4v) is 4.40. The van der Waals surface area contributed by atoms with Crippen LogP contribution in [0.1, 0.15) is 42.4 Å². The van der Waals surface area contributed by atoms with Crippen LogP contribution in [-0.2, 0) is 22.2 Å². The van der Waals surface area contributed by atoms with Gasteiger partial charge < -0.3 is 20.3 Å². The molecule has 0 bridgehead atoms. The van der Waals surface area contributed by atoms with Crippen molar-refractivity contribution in [2.75, 3.05) is 0 Å².